The highest BCUT2D eigenvalue weighted by molar-refractivity contribution is 5.89. The molecule has 2 nitrogen and oxygen atoms in total. The van der Waals surface area contributed by atoms with Crippen LogP contribution in [0.1, 0.15) is 11.6 Å². The SMILES string of the molecule is N[C@@H](c1ccc2ccccc2c1O)C(F)(F)F. The minimum atomic E-state index is -4.57. The Kier molecular flexibility index (Phi) is 2.71. The fourth-order valence-electron chi connectivity index (χ4n) is 1.70. The van der Waals surface area contributed by atoms with E-state index in [9.17, 15) is 18.3 Å². The second-order valence-corrected chi connectivity index (χ2v) is 3.74. The molecule has 3 N–H and O–H groups in total. The summed E-state index contributed by atoms with van der Waals surface area (Å²) in [6, 6.07) is 7.18. The Bertz CT molecular complexity index is 551. The van der Waals surface area contributed by atoms with Crippen LogP contribution in [0, 0.1) is 0 Å². The molecule has 0 radical (unpaired) electrons. The normalized spacial score (nSPS) is 13.9. The summed E-state index contributed by atoms with van der Waals surface area (Å²) in [6.07, 6.45) is -4.57. The number of nitrogens with two attached hydrogens (primary N) is 1. The number of phenolic OH excluding ortho intramolecular Hbond substituents is 1. The van der Waals surface area contributed by atoms with Crippen molar-refractivity contribution in [2.45, 2.75) is 12.2 Å². The van der Waals surface area contributed by atoms with Gasteiger partial charge in [0.1, 0.15) is 11.8 Å². The highest BCUT2D eigenvalue weighted by Gasteiger charge is 2.39. The fraction of sp³-hybridized carbons (Fsp3) is 0.167. The lowest BCUT2D eigenvalue weighted by atomic mass is 10.0. The largest absolute Gasteiger partial charge is 0.507 e. The molecule has 0 bridgehead atoms. The number of alkyl halides is 3. The van der Waals surface area contributed by atoms with E-state index in [2.05, 4.69) is 0 Å². The number of phenols is 1. The summed E-state index contributed by atoms with van der Waals surface area (Å²) in [7, 11) is 0. The monoisotopic (exact) mass is 241 g/mol. The van der Waals surface area contributed by atoms with Gasteiger partial charge in [-0.05, 0) is 5.39 Å². The Morgan fingerprint density at radius 2 is 1.71 bits per heavy atom. The topological polar surface area (TPSA) is 46.2 Å². The number of rotatable bonds is 1. The van der Waals surface area contributed by atoms with E-state index in [0.717, 1.165) is 0 Å². The molecule has 0 amide bonds. The first kappa shape index (κ1) is 11.7. The molecule has 0 saturated carbocycles. The van der Waals surface area contributed by atoms with E-state index in [4.69, 9.17) is 5.73 Å². The summed E-state index contributed by atoms with van der Waals surface area (Å²) < 4.78 is 37.4. The molecule has 0 saturated heterocycles. The molecule has 0 aromatic heterocycles. The molecule has 1 atom stereocenters. The number of hydrogen-bond donors (Lipinski definition) is 2. The number of benzene rings is 2. The van der Waals surface area contributed by atoms with Gasteiger partial charge in [-0.25, -0.2) is 0 Å². The van der Waals surface area contributed by atoms with E-state index in [1.54, 1.807) is 24.3 Å². The van der Waals surface area contributed by atoms with Gasteiger partial charge in [0, 0.05) is 10.9 Å². The van der Waals surface area contributed by atoms with Crippen molar-refractivity contribution in [1.82, 2.24) is 0 Å². The lowest BCUT2D eigenvalue weighted by molar-refractivity contribution is -0.149. The fourth-order valence-corrected chi connectivity index (χ4v) is 1.70. The predicted octanol–water partition coefficient (Wildman–Crippen LogP) is 3.11. The van der Waals surface area contributed by atoms with Gasteiger partial charge < -0.3 is 10.8 Å². The molecular formula is C12H10F3NO. The smallest absolute Gasteiger partial charge is 0.407 e. The molecule has 0 aliphatic heterocycles. The maximum absolute atomic E-state index is 12.5. The van der Waals surface area contributed by atoms with E-state index < -0.39 is 18.0 Å². The Hall–Kier alpha value is -1.75. The van der Waals surface area contributed by atoms with Crippen molar-refractivity contribution < 1.29 is 18.3 Å². The quantitative estimate of drug-likeness (QED) is 0.805. The van der Waals surface area contributed by atoms with Crippen molar-refractivity contribution in [1.29, 1.82) is 0 Å². The molecule has 0 heterocycles. The van der Waals surface area contributed by atoms with Crippen molar-refractivity contribution in [3.63, 3.8) is 0 Å². The van der Waals surface area contributed by atoms with Crippen molar-refractivity contribution >= 4 is 10.8 Å². The third kappa shape index (κ3) is 2.06. The number of halogens is 3. The zero-order chi connectivity index (χ0) is 12.6. The van der Waals surface area contributed by atoms with Crippen molar-refractivity contribution in [2.75, 3.05) is 0 Å². The lowest BCUT2D eigenvalue weighted by Gasteiger charge is -2.17. The van der Waals surface area contributed by atoms with Crippen LogP contribution < -0.4 is 5.73 Å². The first-order valence-electron chi connectivity index (χ1n) is 4.94. The molecule has 90 valence electrons. The van der Waals surface area contributed by atoms with Crippen LogP contribution in [-0.2, 0) is 0 Å². The van der Waals surface area contributed by atoms with Crippen LogP contribution in [0.15, 0.2) is 36.4 Å². The van der Waals surface area contributed by atoms with Gasteiger partial charge in [0.05, 0.1) is 0 Å². The summed E-state index contributed by atoms with van der Waals surface area (Å²) in [5, 5.41) is 10.8. The van der Waals surface area contributed by atoms with E-state index in [1.807, 2.05) is 0 Å². The minimum Gasteiger partial charge on any atom is -0.507 e. The molecule has 2 aromatic rings. The standard InChI is InChI=1S/C12H10F3NO/c13-12(14,15)11(16)9-6-5-7-3-1-2-4-8(7)10(9)17/h1-6,11,17H,16H2/t11-/m0/s1. The van der Waals surface area contributed by atoms with Gasteiger partial charge in [-0.15, -0.1) is 0 Å². The second-order valence-electron chi connectivity index (χ2n) is 3.74. The zero-order valence-electron chi connectivity index (χ0n) is 8.70. The average Bonchev–Trinajstić information content (AvgIpc) is 2.28. The number of hydrogen-bond acceptors (Lipinski definition) is 2. The van der Waals surface area contributed by atoms with Gasteiger partial charge in [0.2, 0.25) is 0 Å². The lowest BCUT2D eigenvalue weighted by Crippen LogP contribution is -2.28. The van der Waals surface area contributed by atoms with Gasteiger partial charge in [-0.3, -0.25) is 0 Å². The maximum Gasteiger partial charge on any atom is 0.407 e. The molecular weight excluding hydrogens is 231 g/mol. The third-order valence-corrected chi connectivity index (χ3v) is 2.62. The Balaban J connectivity index is 2.61. The van der Waals surface area contributed by atoms with Crippen LogP contribution in [0.2, 0.25) is 0 Å². The van der Waals surface area contributed by atoms with Crippen LogP contribution in [0.25, 0.3) is 10.8 Å². The van der Waals surface area contributed by atoms with Crippen LogP contribution >= 0.6 is 0 Å². The molecule has 2 rings (SSSR count). The van der Waals surface area contributed by atoms with Crippen LogP contribution in [0.3, 0.4) is 0 Å². The molecule has 2 aromatic carbocycles. The van der Waals surface area contributed by atoms with Gasteiger partial charge in [0.15, 0.2) is 0 Å². The average molecular weight is 241 g/mol. The molecule has 0 aliphatic carbocycles. The Labute approximate surface area is 95.5 Å². The van der Waals surface area contributed by atoms with Gasteiger partial charge in [-0.2, -0.15) is 13.2 Å². The van der Waals surface area contributed by atoms with Crippen LogP contribution in [0.4, 0.5) is 13.2 Å². The molecule has 5 heteroatoms. The Morgan fingerprint density at radius 3 is 2.35 bits per heavy atom. The van der Waals surface area contributed by atoms with Gasteiger partial charge >= 0.3 is 6.18 Å². The number of fused-ring (bicyclic) bond motifs is 1. The summed E-state index contributed by atoms with van der Waals surface area (Å²) in [4.78, 5) is 0. The van der Waals surface area contributed by atoms with E-state index in [-0.39, 0.29) is 5.56 Å². The predicted molar refractivity (Wildman–Crippen MR) is 58.6 cm³/mol. The van der Waals surface area contributed by atoms with Crippen molar-refractivity contribution in [3.8, 4) is 5.75 Å². The summed E-state index contributed by atoms with van der Waals surface area (Å²) in [5.41, 5.74) is 4.77. The third-order valence-electron chi connectivity index (χ3n) is 2.62. The zero-order valence-corrected chi connectivity index (χ0v) is 8.70. The minimum absolute atomic E-state index is 0.309. The van der Waals surface area contributed by atoms with Crippen molar-refractivity contribution in [2.24, 2.45) is 5.73 Å². The molecule has 17 heavy (non-hydrogen) atoms. The summed E-state index contributed by atoms with van der Waals surface area (Å²) in [6.45, 7) is 0. The first-order valence-corrected chi connectivity index (χ1v) is 4.94. The van der Waals surface area contributed by atoms with Crippen molar-refractivity contribution in [3.05, 3.63) is 42.0 Å². The van der Waals surface area contributed by atoms with Gasteiger partial charge in [-0.1, -0.05) is 36.4 Å². The highest BCUT2D eigenvalue weighted by Crippen LogP contribution is 2.38. The summed E-state index contributed by atoms with van der Waals surface area (Å²) in [5.74, 6) is -0.409. The molecule has 0 aliphatic rings. The van der Waals surface area contributed by atoms with Crippen LogP contribution in [0.5, 0.6) is 5.75 Å². The Morgan fingerprint density at radius 1 is 1.06 bits per heavy atom. The van der Waals surface area contributed by atoms with Gasteiger partial charge in [0.25, 0.3) is 0 Å². The van der Waals surface area contributed by atoms with E-state index in [1.165, 1.54) is 12.1 Å². The van der Waals surface area contributed by atoms with E-state index >= 15 is 0 Å². The second kappa shape index (κ2) is 3.92. The number of aromatic hydroxyl groups is 1. The van der Waals surface area contributed by atoms with Crippen LogP contribution in [-0.4, -0.2) is 11.3 Å². The maximum atomic E-state index is 12.5. The highest BCUT2D eigenvalue weighted by atomic mass is 19.4. The molecule has 0 spiro atoms. The first-order chi connectivity index (χ1) is 7.91. The van der Waals surface area contributed by atoms with E-state index in [0.29, 0.717) is 10.8 Å². The summed E-state index contributed by atoms with van der Waals surface area (Å²) >= 11 is 0. The molecule has 0 unspecified atom stereocenters. The molecule has 0 fully saturated rings.